The van der Waals surface area contributed by atoms with Crippen molar-refractivity contribution in [2.24, 2.45) is 0 Å². The van der Waals surface area contributed by atoms with Gasteiger partial charge in [0, 0.05) is 5.69 Å². The molecular formula is C13H11F4N3. The number of nitrogens with one attached hydrogen (secondary N) is 1. The number of pyridine rings is 1. The van der Waals surface area contributed by atoms with Gasteiger partial charge < -0.3 is 11.1 Å². The molecule has 3 nitrogen and oxygen atoms in total. The molecule has 0 aliphatic rings. The fourth-order valence-corrected chi connectivity index (χ4v) is 1.74. The number of aryl methyl sites for hydroxylation is 1. The van der Waals surface area contributed by atoms with E-state index in [9.17, 15) is 17.6 Å². The number of nitrogens with zero attached hydrogens (tertiary/aromatic N) is 1. The molecule has 106 valence electrons. The van der Waals surface area contributed by atoms with E-state index in [1.54, 1.807) is 13.0 Å². The molecule has 1 heterocycles. The van der Waals surface area contributed by atoms with Gasteiger partial charge >= 0.3 is 6.18 Å². The highest BCUT2D eigenvalue weighted by molar-refractivity contribution is 5.59. The first-order valence-electron chi connectivity index (χ1n) is 5.63. The Morgan fingerprint density at radius 1 is 1.10 bits per heavy atom. The zero-order valence-electron chi connectivity index (χ0n) is 10.4. The summed E-state index contributed by atoms with van der Waals surface area (Å²) < 4.78 is 51.1. The van der Waals surface area contributed by atoms with E-state index in [4.69, 9.17) is 5.73 Å². The topological polar surface area (TPSA) is 50.9 Å². The highest BCUT2D eigenvalue weighted by atomic mass is 19.4. The van der Waals surface area contributed by atoms with Gasteiger partial charge in [0.15, 0.2) is 0 Å². The third-order valence-electron chi connectivity index (χ3n) is 2.49. The van der Waals surface area contributed by atoms with Crippen molar-refractivity contribution < 1.29 is 17.6 Å². The maximum absolute atomic E-state index is 13.2. The number of halogens is 4. The van der Waals surface area contributed by atoms with Crippen LogP contribution in [0.2, 0.25) is 0 Å². The van der Waals surface area contributed by atoms with Crippen LogP contribution in [0.15, 0.2) is 30.3 Å². The summed E-state index contributed by atoms with van der Waals surface area (Å²) >= 11 is 0. The summed E-state index contributed by atoms with van der Waals surface area (Å²) in [4.78, 5) is 3.75. The van der Waals surface area contributed by atoms with Crippen molar-refractivity contribution in [3.8, 4) is 0 Å². The van der Waals surface area contributed by atoms with Crippen molar-refractivity contribution in [3.05, 3.63) is 47.3 Å². The first-order valence-corrected chi connectivity index (χ1v) is 5.63. The van der Waals surface area contributed by atoms with Crippen molar-refractivity contribution in [1.82, 2.24) is 4.98 Å². The van der Waals surface area contributed by atoms with Crippen LogP contribution in [-0.4, -0.2) is 4.98 Å². The standard InChI is InChI=1S/C13H11F4N3/c1-7-2-9(14)6-10(3-7)19-12-5-8(13(15,16)17)4-11(18)20-12/h2-6H,1H3,(H3,18,19,20). The molecule has 0 amide bonds. The quantitative estimate of drug-likeness (QED) is 0.823. The van der Waals surface area contributed by atoms with Gasteiger partial charge in [-0.1, -0.05) is 0 Å². The molecule has 0 saturated carbocycles. The number of hydrogen-bond donors (Lipinski definition) is 2. The molecule has 20 heavy (non-hydrogen) atoms. The van der Waals surface area contributed by atoms with Crippen LogP contribution in [0.5, 0.6) is 0 Å². The molecule has 1 aromatic heterocycles. The Morgan fingerprint density at radius 3 is 2.40 bits per heavy atom. The average Bonchev–Trinajstić information content (AvgIpc) is 2.25. The Hall–Kier alpha value is -2.31. The summed E-state index contributed by atoms with van der Waals surface area (Å²) in [5.74, 6) is -0.856. The van der Waals surface area contributed by atoms with Gasteiger partial charge in [0.25, 0.3) is 0 Å². The second-order valence-corrected chi connectivity index (χ2v) is 4.31. The van der Waals surface area contributed by atoms with Gasteiger partial charge in [0.05, 0.1) is 5.56 Å². The lowest BCUT2D eigenvalue weighted by atomic mass is 10.2. The first kappa shape index (κ1) is 14.1. The van der Waals surface area contributed by atoms with Gasteiger partial charge in [0.2, 0.25) is 0 Å². The normalized spacial score (nSPS) is 11.4. The van der Waals surface area contributed by atoms with E-state index in [1.165, 1.54) is 6.07 Å². The van der Waals surface area contributed by atoms with E-state index in [0.29, 0.717) is 11.3 Å². The van der Waals surface area contributed by atoms with Crippen LogP contribution in [-0.2, 0) is 6.18 Å². The lowest BCUT2D eigenvalue weighted by molar-refractivity contribution is -0.137. The minimum atomic E-state index is -4.52. The number of benzene rings is 1. The number of nitrogen functional groups attached to an aromatic ring is 1. The second kappa shape index (κ2) is 4.99. The van der Waals surface area contributed by atoms with Crippen LogP contribution < -0.4 is 11.1 Å². The predicted octanol–water partition coefficient (Wildman–Crippen LogP) is 3.87. The first-order chi connectivity index (χ1) is 9.24. The third-order valence-corrected chi connectivity index (χ3v) is 2.49. The van der Waals surface area contributed by atoms with Crippen LogP contribution >= 0.6 is 0 Å². The fourth-order valence-electron chi connectivity index (χ4n) is 1.74. The number of alkyl halides is 3. The summed E-state index contributed by atoms with van der Waals surface area (Å²) in [5, 5.41) is 2.61. The Kier molecular flexibility index (Phi) is 3.52. The maximum atomic E-state index is 13.2. The lowest BCUT2D eigenvalue weighted by Crippen LogP contribution is -2.08. The number of nitrogens with two attached hydrogens (primary N) is 1. The summed E-state index contributed by atoms with van der Waals surface area (Å²) in [6.45, 7) is 1.67. The minimum absolute atomic E-state index is 0.0951. The molecule has 0 aliphatic heterocycles. The lowest BCUT2D eigenvalue weighted by Gasteiger charge is -2.11. The molecule has 0 saturated heterocycles. The van der Waals surface area contributed by atoms with E-state index in [0.717, 1.165) is 18.2 Å². The number of anilines is 3. The zero-order valence-corrected chi connectivity index (χ0v) is 10.4. The molecule has 0 spiro atoms. The van der Waals surface area contributed by atoms with Crippen LogP contribution in [0.3, 0.4) is 0 Å². The number of rotatable bonds is 2. The summed E-state index contributed by atoms with van der Waals surface area (Å²) in [5.41, 5.74) is 5.36. The van der Waals surface area contributed by atoms with Crippen LogP contribution in [0.4, 0.5) is 34.9 Å². The number of hydrogen-bond acceptors (Lipinski definition) is 3. The maximum Gasteiger partial charge on any atom is 0.416 e. The van der Waals surface area contributed by atoms with Gasteiger partial charge in [-0.25, -0.2) is 9.37 Å². The molecule has 7 heteroatoms. The van der Waals surface area contributed by atoms with Crippen molar-refractivity contribution in [1.29, 1.82) is 0 Å². The summed E-state index contributed by atoms with van der Waals surface area (Å²) in [7, 11) is 0. The van der Waals surface area contributed by atoms with E-state index < -0.39 is 17.6 Å². The van der Waals surface area contributed by atoms with Crippen LogP contribution in [0, 0.1) is 12.7 Å². The molecule has 2 aromatic rings. The van der Waals surface area contributed by atoms with Gasteiger partial charge in [-0.05, 0) is 42.8 Å². The molecule has 2 rings (SSSR count). The Morgan fingerprint density at radius 2 is 1.80 bits per heavy atom. The van der Waals surface area contributed by atoms with E-state index >= 15 is 0 Å². The van der Waals surface area contributed by atoms with Crippen molar-refractivity contribution in [2.75, 3.05) is 11.1 Å². The molecule has 1 aromatic carbocycles. The Balaban J connectivity index is 2.36. The Labute approximate surface area is 112 Å². The Bertz CT molecular complexity index is 618. The van der Waals surface area contributed by atoms with Gasteiger partial charge in [-0.3, -0.25) is 0 Å². The molecule has 0 aliphatic carbocycles. The van der Waals surface area contributed by atoms with Crippen molar-refractivity contribution in [3.63, 3.8) is 0 Å². The van der Waals surface area contributed by atoms with Gasteiger partial charge in [-0.2, -0.15) is 13.2 Å². The highest BCUT2D eigenvalue weighted by Crippen LogP contribution is 2.32. The zero-order chi connectivity index (χ0) is 14.9. The highest BCUT2D eigenvalue weighted by Gasteiger charge is 2.31. The minimum Gasteiger partial charge on any atom is -0.384 e. The SMILES string of the molecule is Cc1cc(F)cc(Nc2cc(C(F)(F)F)cc(N)n2)c1. The fraction of sp³-hybridized carbons (Fsp3) is 0.154. The summed E-state index contributed by atoms with van der Waals surface area (Å²) in [6, 6.07) is 5.60. The summed E-state index contributed by atoms with van der Waals surface area (Å²) in [6.07, 6.45) is -4.52. The molecule has 0 fully saturated rings. The van der Waals surface area contributed by atoms with Crippen molar-refractivity contribution >= 4 is 17.3 Å². The molecular weight excluding hydrogens is 274 g/mol. The predicted molar refractivity (Wildman–Crippen MR) is 68.1 cm³/mol. The third kappa shape index (κ3) is 3.37. The second-order valence-electron chi connectivity index (χ2n) is 4.31. The van der Waals surface area contributed by atoms with Gasteiger partial charge in [-0.15, -0.1) is 0 Å². The monoisotopic (exact) mass is 285 g/mol. The van der Waals surface area contributed by atoms with E-state index in [1.807, 2.05) is 0 Å². The average molecular weight is 285 g/mol. The van der Waals surface area contributed by atoms with Gasteiger partial charge in [0.1, 0.15) is 17.5 Å². The largest absolute Gasteiger partial charge is 0.416 e. The molecule has 0 bridgehead atoms. The van der Waals surface area contributed by atoms with Crippen LogP contribution in [0.1, 0.15) is 11.1 Å². The molecule has 3 N–H and O–H groups in total. The van der Waals surface area contributed by atoms with E-state index in [-0.39, 0.29) is 11.6 Å². The van der Waals surface area contributed by atoms with E-state index in [2.05, 4.69) is 10.3 Å². The molecule has 0 atom stereocenters. The van der Waals surface area contributed by atoms with Crippen LogP contribution in [0.25, 0.3) is 0 Å². The smallest absolute Gasteiger partial charge is 0.384 e. The molecule has 0 unspecified atom stereocenters. The molecule has 0 radical (unpaired) electrons. The van der Waals surface area contributed by atoms with Crippen molar-refractivity contribution in [2.45, 2.75) is 13.1 Å². The number of aromatic nitrogens is 1.